The normalized spacial score (nSPS) is 17.6. The van der Waals surface area contributed by atoms with Crippen LogP contribution >= 0.6 is 0 Å². The lowest BCUT2D eigenvalue weighted by Crippen LogP contribution is -2.50. The molecule has 0 bridgehead atoms. The fourth-order valence-electron chi connectivity index (χ4n) is 2.89. The maximum absolute atomic E-state index is 10.9. The number of aryl methyl sites for hydroxylation is 1. The molecule has 1 N–H and O–H groups in total. The molecule has 2 heterocycles. The van der Waals surface area contributed by atoms with Crippen LogP contribution < -0.4 is 0 Å². The van der Waals surface area contributed by atoms with Gasteiger partial charge in [-0.3, -0.25) is 14.7 Å². The number of carbonyl (C=O) groups is 1. The van der Waals surface area contributed by atoms with E-state index < -0.39 is 5.97 Å². The molecule has 0 amide bonds. The van der Waals surface area contributed by atoms with E-state index in [1.54, 1.807) is 6.92 Å². The summed E-state index contributed by atoms with van der Waals surface area (Å²) in [6, 6.07) is 10.5. The van der Waals surface area contributed by atoms with Crippen LogP contribution in [0.5, 0.6) is 0 Å². The van der Waals surface area contributed by atoms with Crippen molar-refractivity contribution >= 4 is 16.9 Å². The van der Waals surface area contributed by atoms with Gasteiger partial charge in [0.15, 0.2) is 0 Å². The monoisotopic (exact) mass is 284 g/mol. The lowest BCUT2D eigenvalue weighted by Gasteiger charge is -2.41. The van der Waals surface area contributed by atoms with Crippen molar-refractivity contribution < 1.29 is 9.90 Å². The summed E-state index contributed by atoms with van der Waals surface area (Å²) >= 11 is 0. The van der Waals surface area contributed by atoms with Gasteiger partial charge in [-0.2, -0.15) is 0 Å². The van der Waals surface area contributed by atoms with Gasteiger partial charge < -0.3 is 5.11 Å². The van der Waals surface area contributed by atoms with Crippen LogP contribution in [0.1, 0.15) is 18.2 Å². The van der Waals surface area contributed by atoms with E-state index >= 15 is 0 Å². The Bertz CT molecular complexity index is 678. The molecule has 1 saturated heterocycles. The second kappa shape index (κ2) is 5.45. The Hall–Kier alpha value is -1.94. The van der Waals surface area contributed by atoms with E-state index in [9.17, 15) is 4.79 Å². The Labute approximate surface area is 124 Å². The second-order valence-electron chi connectivity index (χ2n) is 6.06. The summed E-state index contributed by atoms with van der Waals surface area (Å²) in [7, 11) is 0. The maximum Gasteiger partial charge on any atom is 0.306 e. The van der Waals surface area contributed by atoms with Crippen LogP contribution in [-0.2, 0) is 11.3 Å². The molecule has 1 unspecified atom stereocenters. The van der Waals surface area contributed by atoms with Gasteiger partial charge in [-0.05, 0) is 36.6 Å². The molecular formula is C17H20N2O2. The number of hydrogen-bond donors (Lipinski definition) is 1. The lowest BCUT2D eigenvalue weighted by molar-refractivity contribution is -0.145. The summed E-state index contributed by atoms with van der Waals surface area (Å²) in [5.74, 6) is -0.649. The summed E-state index contributed by atoms with van der Waals surface area (Å²) in [6.07, 6.45) is 0. The number of pyridine rings is 1. The highest BCUT2D eigenvalue weighted by molar-refractivity contribution is 5.79. The molecule has 110 valence electrons. The molecule has 0 radical (unpaired) electrons. The number of benzene rings is 1. The zero-order valence-electron chi connectivity index (χ0n) is 12.4. The van der Waals surface area contributed by atoms with Crippen molar-refractivity contribution in [3.05, 3.63) is 41.6 Å². The van der Waals surface area contributed by atoms with Crippen LogP contribution in [0.25, 0.3) is 10.9 Å². The van der Waals surface area contributed by atoms with Crippen molar-refractivity contribution in [3.8, 4) is 0 Å². The van der Waals surface area contributed by atoms with E-state index in [4.69, 9.17) is 5.11 Å². The van der Waals surface area contributed by atoms with Gasteiger partial charge in [-0.1, -0.05) is 19.1 Å². The maximum atomic E-state index is 10.9. The molecule has 0 aliphatic carbocycles. The van der Waals surface area contributed by atoms with E-state index in [1.807, 2.05) is 13.0 Å². The number of nitrogens with zero attached hydrogens (tertiary/aromatic N) is 2. The highest BCUT2D eigenvalue weighted by Crippen LogP contribution is 2.26. The molecule has 1 aliphatic heterocycles. The van der Waals surface area contributed by atoms with E-state index in [1.165, 1.54) is 5.56 Å². The third-order valence-electron chi connectivity index (χ3n) is 4.38. The molecule has 21 heavy (non-hydrogen) atoms. The molecule has 1 aromatic carbocycles. The van der Waals surface area contributed by atoms with Crippen molar-refractivity contribution in [2.75, 3.05) is 13.1 Å². The molecule has 1 aliphatic rings. The van der Waals surface area contributed by atoms with Gasteiger partial charge in [0.05, 0.1) is 11.4 Å². The van der Waals surface area contributed by atoms with Gasteiger partial charge in [-0.15, -0.1) is 0 Å². The summed E-state index contributed by atoms with van der Waals surface area (Å²) in [5.41, 5.74) is 3.32. The molecular weight excluding hydrogens is 264 g/mol. The fraction of sp³-hybridized carbons (Fsp3) is 0.412. The Morgan fingerprint density at radius 2 is 2.14 bits per heavy atom. The molecule has 1 atom stereocenters. The largest absolute Gasteiger partial charge is 0.481 e. The topological polar surface area (TPSA) is 53.4 Å². The summed E-state index contributed by atoms with van der Waals surface area (Å²) in [4.78, 5) is 17.8. The average molecular weight is 284 g/mol. The molecule has 3 rings (SSSR count). The molecule has 0 saturated carbocycles. The molecule has 2 aromatic rings. The molecule has 1 aromatic heterocycles. The standard InChI is InChI=1S/C17H20N2O2/c1-11-3-5-14-7-13(4-6-16(14)18-11)8-19-9-15(10-19)12(2)17(20)21/h3-7,12,15H,8-10H2,1-2H3,(H,20,21). The number of aromatic nitrogens is 1. The zero-order valence-corrected chi connectivity index (χ0v) is 12.4. The summed E-state index contributed by atoms with van der Waals surface area (Å²) < 4.78 is 0. The number of aliphatic carboxylic acids is 1. The minimum absolute atomic E-state index is 0.245. The van der Waals surface area contributed by atoms with Crippen molar-refractivity contribution in [2.45, 2.75) is 20.4 Å². The van der Waals surface area contributed by atoms with Crippen LogP contribution in [0.2, 0.25) is 0 Å². The number of rotatable bonds is 4. The first-order valence-electron chi connectivity index (χ1n) is 7.34. The van der Waals surface area contributed by atoms with E-state index in [0.717, 1.165) is 36.2 Å². The van der Waals surface area contributed by atoms with E-state index in [2.05, 4.69) is 34.1 Å². The third kappa shape index (κ3) is 2.90. The van der Waals surface area contributed by atoms with Crippen molar-refractivity contribution in [3.63, 3.8) is 0 Å². The lowest BCUT2D eigenvalue weighted by atomic mass is 9.87. The van der Waals surface area contributed by atoms with Crippen LogP contribution in [0.4, 0.5) is 0 Å². The minimum Gasteiger partial charge on any atom is -0.481 e. The first-order valence-corrected chi connectivity index (χ1v) is 7.34. The number of hydrogen-bond acceptors (Lipinski definition) is 3. The van der Waals surface area contributed by atoms with Crippen LogP contribution in [-0.4, -0.2) is 34.0 Å². The van der Waals surface area contributed by atoms with Crippen LogP contribution in [0, 0.1) is 18.8 Å². The van der Waals surface area contributed by atoms with Gasteiger partial charge in [0.25, 0.3) is 0 Å². The highest BCUT2D eigenvalue weighted by Gasteiger charge is 2.34. The second-order valence-corrected chi connectivity index (χ2v) is 6.06. The highest BCUT2D eigenvalue weighted by atomic mass is 16.4. The molecule has 4 nitrogen and oxygen atoms in total. The predicted octanol–water partition coefficient (Wildman–Crippen LogP) is 2.70. The minimum atomic E-state index is -0.688. The Morgan fingerprint density at radius 3 is 2.86 bits per heavy atom. The Kier molecular flexibility index (Phi) is 3.64. The quantitative estimate of drug-likeness (QED) is 0.938. The van der Waals surface area contributed by atoms with Gasteiger partial charge in [0.1, 0.15) is 0 Å². The first kappa shape index (κ1) is 14.0. The van der Waals surface area contributed by atoms with Gasteiger partial charge in [-0.25, -0.2) is 0 Å². The van der Waals surface area contributed by atoms with E-state index in [-0.39, 0.29) is 11.8 Å². The van der Waals surface area contributed by atoms with Crippen molar-refractivity contribution in [1.29, 1.82) is 0 Å². The third-order valence-corrected chi connectivity index (χ3v) is 4.38. The number of carboxylic acid groups (broad SMARTS) is 1. The van der Waals surface area contributed by atoms with E-state index in [0.29, 0.717) is 0 Å². The fourth-order valence-corrected chi connectivity index (χ4v) is 2.89. The molecule has 0 spiro atoms. The molecule has 4 heteroatoms. The number of carboxylic acids is 1. The zero-order chi connectivity index (χ0) is 15.0. The number of likely N-dealkylation sites (tertiary alicyclic amines) is 1. The van der Waals surface area contributed by atoms with Gasteiger partial charge in [0.2, 0.25) is 0 Å². The van der Waals surface area contributed by atoms with Gasteiger partial charge >= 0.3 is 5.97 Å². The van der Waals surface area contributed by atoms with Crippen molar-refractivity contribution in [2.24, 2.45) is 11.8 Å². The average Bonchev–Trinajstić information content (AvgIpc) is 2.41. The van der Waals surface area contributed by atoms with Crippen molar-refractivity contribution in [1.82, 2.24) is 9.88 Å². The van der Waals surface area contributed by atoms with Crippen LogP contribution in [0.15, 0.2) is 30.3 Å². The first-order chi connectivity index (χ1) is 10.0. The predicted molar refractivity (Wildman–Crippen MR) is 82.0 cm³/mol. The summed E-state index contributed by atoms with van der Waals surface area (Å²) in [6.45, 7) is 6.42. The Morgan fingerprint density at radius 1 is 1.38 bits per heavy atom. The van der Waals surface area contributed by atoms with Crippen LogP contribution in [0.3, 0.4) is 0 Å². The number of fused-ring (bicyclic) bond motifs is 1. The SMILES string of the molecule is Cc1ccc2cc(CN3CC(C(C)C(=O)O)C3)ccc2n1. The smallest absolute Gasteiger partial charge is 0.306 e. The summed E-state index contributed by atoms with van der Waals surface area (Å²) in [5, 5.41) is 10.2. The van der Waals surface area contributed by atoms with Gasteiger partial charge in [0, 0.05) is 30.7 Å². The Balaban J connectivity index is 1.64. The molecule has 1 fully saturated rings.